The fourth-order valence-corrected chi connectivity index (χ4v) is 4.22. The zero-order valence-electron chi connectivity index (χ0n) is 16.2. The maximum Gasteiger partial charge on any atom is 0.304 e. The second kappa shape index (κ2) is 8.77. The molecular formula is C19H25N3O3S2. The van der Waals surface area contributed by atoms with Crippen molar-refractivity contribution in [3.05, 3.63) is 53.6 Å². The summed E-state index contributed by atoms with van der Waals surface area (Å²) in [6.07, 6.45) is 1.92. The molecule has 0 fully saturated rings. The second-order valence-electron chi connectivity index (χ2n) is 6.34. The van der Waals surface area contributed by atoms with E-state index in [9.17, 15) is 13.2 Å². The molecule has 6 nitrogen and oxygen atoms in total. The number of thioether (sulfide) groups is 1. The number of hydrogen-bond donors (Lipinski definition) is 1. The van der Waals surface area contributed by atoms with E-state index in [0.717, 1.165) is 24.6 Å². The predicted octanol–water partition coefficient (Wildman–Crippen LogP) is 3.28. The largest absolute Gasteiger partial charge is 0.323 e. The Morgan fingerprint density at radius 1 is 1.11 bits per heavy atom. The number of para-hydroxylation sites is 1. The van der Waals surface area contributed by atoms with Gasteiger partial charge in [0.05, 0.1) is 11.4 Å². The molecule has 0 aliphatic carbocycles. The van der Waals surface area contributed by atoms with Gasteiger partial charge in [-0.1, -0.05) is 24.3 Å². The van der Waals surface area contributed by atoms with Gasteiger partial charge in [-0.25, -0.2) is 4.31 Å². The molecule has 1 N–H and O–H groups in total. The van der Waals surface area contributed by atoms with Gasteiger partial charge in [-0.2, -0.15) is 12.7 Å². The van der Waals surface area contributed by atoms with E-state index in [0.29, 0.717) is 11.4 Å². The van der Waals surface area contributed by atoms with Gasteiger partial charge in [-0.15, -0.1) is 11.8 Å². The number of aryl methyl sites for hydroxylation is 2. The summed E-state index contributed by atoms with van der Waals surface area (Å²) < 4.78 is 28.0. The third-order valence-electron chi connectivity index (χ3n) is 4.04. The number of amides is 1. The summed E-state index contributed by atoms with van der Waals surface area (Å²) >= 11 is 1.51. The third-order valence-corrected chi connectivity index (χ3v) is 6.64. The SMILES string of the molecule is CSc1ccccc1NC(=O)CN(c1cc(C)ccc1C)S(=O)(=O)N(C)C. The Hall–Kier alpha value is -2.03. The average molecular weight is 408 g/mol. The molecule has 2 rings (SSSR count). The lowest BCUT2D eigenvalue weighted by Crippen LogP contribution is -2.44. The molecule has 0 atom stereocenters. The van der Waals surface area contributed by atoms with Gasteiger partial charge in [0.15, 0.2) is 0 Å². The van der Waals surface area contributed by atoms with Crippen LogP contribution in [0.4, 0.5) is 11.4 Å². The molecule has 0 aliphatic rings. The Balaban J connectivity index is 2.38. The van der Waals surface area contributed by atoms with E-state index >= 15 is 0 Å². The molecule has 8 heteroatoms. The molecule has 0 saturated carbocycles. The van der Waals surface area contributed by atoms with Gasteiger partial charge in [0.25, 0.3) is 0 Å². The van der Waals surface area contributed by atoms with Gasteiger partial charge in [-0.05, 0) is 49.4 Å². The molecule has 0 aliphatic heterocycles. The Labute approximate surface area is 165 Å². The molecule has 146 valence electrons. The number of nitrogens with one attached hydrogen (secondary N) is 1. The summed E-state index contributed by atoms with van der Waals surface area (Å²) in [4.78, 5) is 13.6. The number of carbonyl (C=O) groups excluding carboxylic acids is 1. The van der Waals surface area contributed by atoms with Crippen molar-refractivity contribution in [3.63, 3.8) is 0 Å². The highest BCUT2D eigenvalue weighted by atomic mass is 32.2. The molecule has 2 aromatic rings. The molecule has 0 unspecified atom stereocenters. The summed E-state index contributed by atoms with van der Waals surface area (Å²) in [5.41, 5.74) is 2.86. The Bertz CT molecular complexity index is 928. The maximum atomic E-state index is 12.9. The van der Waals surface area contributed by atoms with Crippen molar-refractivity contribution in [1.29, 1.82) is 0 Å². The number of benzene rings is 2. The van der Waals surface area contributed by atoms with Crippen LogP contribution in [0.15, 0.2) is 47.4 Å². The fraction of sp³-hybridized carbons (Fsp3) is 0.316. The highest BCUT2D eigenvalue weighted by Gasteiger charge is 2.28. The van der Waals surface area contributed by atoms with E-state index in [1.54, 1.807) is 12.1 Å². The van der Waals surface area contributed by atoms with E-state index < -0.39 is 16.1 Å². The summed E-state index contributed by atoms with van der Waals surface area (Å²) in [6, 6.07) is 13.0. The monoisotopic (exact) mass is 407 g/mol. The first-order valence-electron chi connectivity index (χ1n) is 8.37. The second-order valence-corrected chi connectivity index (χ2v) is 9.25. The average Bonchev–Trinajstić information content (AvgIpc) is 2.62. The summed E-state index contributed by atoms with van der Waals surface area (Å²) in [5, 5.41) is 2.82. The van der Waals surface area contributed by atoms with Crippen LogP contribution in [0.2, 0.25) is 0 Å². The van der Waals surface area contributed by atoms with Crippen LogP contribution in [-0.4, -0.2) is 45.5 Å². The summed E-state index contributed by atoms with van der Waals surface area (Å²) in [6.45, 7) is 3.40. The lowest BCUT2D eigenvalue weighted by Gasteiger charge is -2.28. The zero-order valence-corrected chi connectivity index (χ0v) is 17.8. The molecule has 2 aromatic carbocycles. The number of nitrogens with zero attached hydrogens (tertiary/aromatic N) is 2. The molecule has 0 aromatic heterocycles. The Morgan fingerprint density at radius 3 is 2.41 bits per heavy atom. The van der Waals surface area contributed by atoms with Crippen molar-refractivity contribution < 1.29 is 13.2 Å². The smallest absolute Gasteiger partial charge is 0.304 e. The van der Waals surface area contributed by atoms with Crippen molar-refractivity contribution in [1.82, 2.24) is 4.31 Å². The van der Waals surface area contributed by atoms with Crippen molar-refractivity contribution >= 4 is 39.3 Å². The predicted molar refractivity (Wildman–Crippen MR) is 113 cm³/mol. The molecular weight excluding hydrogens is 382 g/mol. The van der Waals surface area contributed by atoms with Gasteiger partial charge in [-0.3, -0.25) is 4.79 Å². The van der Waals surface area contributed by atoms with Crippen molar-refractivity contribution in [2.45, 2.75) is 18.7 Å². The lowest BCUT2D eigenvalue weighted by molar-refractivity contribution is -0.114. The number of rotatable bonds is 7. The van der Waals surface area contributed by atoms with Gasteiger partial charge in [0.2, 0.25) is 5.91 Å². The van der Waals surface area contributed by atoms with Crippen LogP contribution < -0.4 is 9.62 Å². The van der Waals surface area contributed by atoms with Crippen LogP contribution in [0.5, 0.6) is 0 Å². The highest BCUT2D eigenvalue weighted by molar-refractivity contribution is 7.98. The van der Waals surface area contributed by atoms with E-state index in [2.05, 4.69) is 5.32 Å². The van der Waals surface area contributed by atoms with Gasteiger partial charge >= 0.3 is 10.2 Å². The van der Waals surface area contributed by atoms with Crippen LogP contribution in [0, 0.1) is 13.8 Å². The first kappa shape index (κ1) is 21.3. The van der Waals surface area contributed by atoms with Crippen LogP contribution in [0.3, 0.4) is 0 Å². The minimum absolute atomic E-state index is 0.312. The topological polar surface area (TPSA) is 69.7 Å². The lowest BCUT2D eigenvalue weighted by atomic mass is 10.1. The Morgan fingerprint density at radius 2 is 1.78 bits per heavy atom. The van der Waals surface area contributed by atoms with Crippen LogP contribution >= 0.6 is 11.8 Å². The van der Waals surface area contributed by atoms with Crippen molar-refractivity contribution in [2.75, 3.05) is 36.5 Å². The molecule has 0 spiro atoms. The van der Waals surface area contributed by atoms with Crippen LogP contribution in [-0.2, 0) is 15.0 Å². The highest BCUT2D eigenvalue weighted by Crippen LogP contribution is 2.27. The normalized spacial score (nSPS) is 11.5. The van der Waals surface area contributed by atoms with Crippen molar-refractivity contribution in [3.8, 4) is 0 Å². The maximum absolute atomic E-state index is 12.9. The molecule has 1 amide bonds. The molecule has 0 radical (unpaired) electrons. The zero-order chi connectivity index (χ0) is 20.2. The number of anilines is 2. The quantitative estimate of drug-likeness (QED) is 0.715. The molecule has 0 saturated heterocycles. The minimum atomic E-state index is -3.83. The molecule has 27 heavy (non-hydrogen) atoms. The third kappa shape index (κ3) is 5.03. The first-order chi connectivity index (χ1) is 12.7. The van der Waals surface area contributed by atoms with E-state index in [1.165, 1.54) is 25.9 Å². The molecule has 0 bridgehead atoms. The number of carbonyl (C=O) groups is 1. The standard InChI is InChI=1S/C19H25N3O3S2/c1-14-10-11-15(2)17(12-14)22(27(24,25)21(3)4)13-19(23)20-16-8-6-7-9-18(16)26-5/h6-12H,13H2,1-5H3,(H,20,23). The van der Waals surface area contributed by atoms with E-state index in [-0.39, 0.29) is 6.54 Å². The van der Waals surface area contributed by atoms with Gasteiger partial charge in [0, 0.05) is 19.0 Å². The summed E-state index contributed by atoms with van der Waals surface area (Å²) in [5.74, 6) is -0.400. The number of hydrogen-bond acceptors (Lipinski definition) is 4. The first-order valence-corrected chi connectivity index (χ1v) is 11.0. The van der Waals surface area contributed by atoms with E-state index in [4.69, 9.17) is 0 Å². The van der Waals surface area contributed by atoms with Crippen molar-refractivity contribution in [2.24, 2.45) is 0 Å². The molecule has 0 heterocycles. The van der Waals surface area contributed by atoms with Crippen LogP contribution in [0.25, 0.3) is 0 Å². The minimum Gasteiger partial charge on any atom is -0.323 e. The van der Waals surface area contributed by atoms with Crippen LogP contribution in [0.1, 0.15) is 11.1 Å². The summed E-state index contributed by atoms with van der Waals surface area (Å²) in [7, 11) is -0.928. The van der Waals surface area contributed by atoms with Gasteiger partial charge < -0.3 is 5.32 Å². The van der Waals surface area contributed by atoms with E-state index in [1.807, 2.05) is 50.4 Å². The Kier molecular flexibility index (Phi) is 6.91. The van der Waals surface area contributed by atoms with Gasteiger partial charge in [0.1, 0.15) is 6.54 Å². The fourth-order valence-electron chi connectivity index (χ4n) is 2.54.